The molecular formula is C8H18N2O. The van der Waals surface area contributed by atoms with Crippen LogP contribution < -0.4 is 5.73 Å². The van der Waals surface area contributed by atoms with E-state index >= 15 is 0 Å². The predicted octanol–water partition coefficient (Wildman–Crippen LogP) is -0.210. The number of likely N-dealkylation sites (N-methyl/N-ethyl adjacent to an activating group) is 1. The Hall–Kier alpha value is -0.120. The number of nitrogens with two attached hydrogens (primary N) is 1. The highest BCUT2D eigenvalue weighted by Gasteiger charge is 2.27. The van der Waals surface area contributed by atoms with Gasteiger partial charge in [0.25, 0.3) is 0 Å². The quantitative estimate of drug-likeness (QED) is 0.597. The number of aliphatic hydroxyl groups excluding tert-OH is 1. The summed E-state index contributed by atoms with van der Waals surface area (Å²) >= 11 is 0. The fourth-order valence-electron chi connectivity index (χ4n) is 1.80. The molecule has 0 amide bonds. The van der Waals surface area contributed by atoms with Crippen molar-refractivity contribution in [2.24, 2.45) is 5.73 Å². The third kappa shape index (κ3) is 2.15. The SMILES string of the molecule is CN(CCN)C1CCCC1O. The smallest absolute Gasteiger partial charge is 0.0695 e. The molecule has 0 aromatic carbocycles. The first-order valence-electron chi connectivity index (χ1n) is 4.34. The molecule has 11 heavy (non-hydrogen) atoms. The topological polar surface area (TPSA) is 49.5 Å². The van der Waals surface area contributed by atoms with E-state index in [-0.39, 0.29) is 6.10 Å². The first kappa shape index (κ1) is 8.97. The Kier molecular flexibility index (Phi) is 3.30. The molecule has 1 aliphatic carbocycles. The molecule has 0 saturated heterocycles. The minimum absolute atomic E-state index is 0.119. The van der Waals surface area contributed by atoms with Crippen molar-refractivity contribution in [3.05, 3.63) is 0 Å². The molecule has 3 N–H and O–H groups in total. The Labute approximate surface area is 68.2 Å². The van der Waals surface area contributed by atoms with E-state index in [0.29, 0.717) is 12.6 Å². The van der Waals surface area contributed by atoms with Gasteiger partial charge in [0.15, 0.2) is 0 Å². The molecule has 66 valence electrons. The van der Waals surface area contributed by atoms with Crippen LogP contribution in [0.25, 0.3) is 0 Å². The van der Waals surface area contributed by atoms with Gasteiger partial charge in [-0.2, -0.15) is 0 Å². The third-order valence-electron chi connectivity index (χ3n) is 2.49. The normalized spacial score (nSPS) is 31.6. The first-order valence-corrected chi connectivity index (χ1v) is 4.34. The lowest BCUT2D eigenvalue weighted by atomic mass is 10.2. The molecule has 1 rings (SSSR count). The Morgan fingerprint density at radius 2 is 2.27 bits per heavy atom. The number of rotatable bonds is 3. The summed E-state index contributed by atoms with van der Waals surface area (Å²) in [5, 5.41) is 9.50. The number of hydrogen-bond donors (Lipinski definition) is 2. The number of hydrogen-bond acceptors (Lipinski definition) is 3. The maximum atomic E-state index is 9.50. The fraction of sp³-hybridized carbons (Fsp3) is 1.00. The summed E-state index contributed by atoms with van der Waals surface area (Å²) in [5.74, 6) is 0. The van der Waals surface area contributed by atoms with Crippen molar-refractivity contribution in [1.29, 1.82) is 0 Å². The van der Waals surface area contributed by atoms with Crippen LogP contribution in [0, 0.1) is 0 Å². The second kappa shape index (κ2) is 4.04. The molecule has 2 unspecified atom stereocenters. The van der Waals surface area contributed by atoms with Crippen LogP contribution in [-0.4, -0.2) is 42.3 Å². The van der Waals surface area contributed by atoms with E-state index in [4.69, 9.17) is 5.73 Å². The van der Waals surface area contributed by atoms with E-state index in [1.54, 1.807) is 0 Å². The lowest BCUT2D eigenvalue weighted by Gasteiger charge is -2.26. The summed E-state index contributed by atoms with van der Waals surface area (Å²) in [4.78, 5) is 2.16. The van der Waals surface area contributed by atoms with Crippen LogP contribution in [0.15, 0.2) is 0 Å². The van der Waals surface area contributed by atoms with Gasteiger partial charge in [0.1, 0.15) is 0 Å². The van der Waals surface area contributed by atoms with Gasteiger partial charge in [-0.3, -0.25) is 4.90 Å². The minimum Gasteiger partial charge on any atom is -0.391 e. The van der Waals surface area contributed by atoms with Crippen molar-refractivity contribution in [3.63, 3.8) is 0 Å². The maximum absolute atomic E-state index is 9.50. The Morgan fingerprint density at radius 1 is 1.55 bits per heavy atom. The van der Waals surface area contributed by atoms with E-state index in [1.807, 2.05) is 7.05 Å². The van der Waals surface area contributed by atoms with Crippen molar-refractivity contribution >= 4 is 0 Å². The second-order valence-electron chi connectivity index (χ2n) is 3.33. The third-order valence-corrected chi connectivity index (χ3v) is 2.49. The lowest BCUT2D eigenvalue weighted by molar-refractivity contribution is 0.0881. The average Bonchev–Trinajstić information content (AvgIpc) is 2.36. The van der Waals surface area contributed by atoms with Gasteiger partial charge in [0, 0.05) is 19.1 Å². The zero-order valence-corrected chi connectivity index (χ0v) is 7.16. The van der Waals surface area contributed by atoms with Crippen molar-refractivity contribution in [1.82, 2.24) is 4.90 Å². The van der Waals surface area contributed by atoms with Crippen LogP contribution in [-0.2, 0) is 0 Å². The van der Waals surface area contributed by atoms with Gasteiger partial charge >= 0.3 is 0 Å². The van der Waals surface area contributed by atoms with E-state index < -0.39 is 0 Å². The van der Waals surface area contributed by atoms with Crippen LogP contribution in [0.1, 0.15) is 19.3 Å². The minimum atomic E-state index is -0.119. The lowest BCUT2D eigenvalue weighted by Crippen LogP contribution is -2.40. The Balaban J connectivity index is 2.33. The Bertz CT molecular complexity index is 119. The monoisotopic (exact) mass is 158 g/mol. The summed E-state index contributed by atoms with van der Waals surface area (Å²) < 4.78 is 0. The second-order valence-corrected chi connectivity index (χ2v) is 3.33. The standard InChI is InChI=1S/C8H18N2O/c1-10(6-5-9)7-3-2-4-8(7)11/h7-8,11H,2-6,9H2,1H3. The Morgan fingerprint density at radius 3 is 2.73 bits per heavy atom. The average molecular weight is 158 g/mol. The van der Waals surface area contributed by atoms with Crippen LogP contribution in [0.5, 0.6) is 0 Å². The molecule has 2 atom stereocenters. The molecule has 3 heteroatoms. The predicted molar refractivity (Wildman–Crippen MR) is 45.3 cm³/mol. The van der Waals surface area contributed by atoms with Gasteiger partial charge in [0.2, 0.25) is 0 Å². The molecule has 0 spiro atoms. The summed E-state index contributed by atoms with van der Waals surface area (Å²) in [5.41, 5.74) is 5.42. The van der Waals surface area contributed by atoms with Gasteiger partial charge in [-0.1, -0.05) is 0 Å². The fourth-order valence-corrected chi connectivity index (χ4v) is 1.80. The van der Waals surface area contributed by atoms with Crippen molar-refractivity contribution < 1.29 is 5.11 Å². The van der Waals surface area contributed by atoms with Crippen molar-refractivity contribution in [3.8, 4) is 0 Å². The molecule has 0 radical (unpaired) electrons. The first-order chi connectivity index (χ1) is 5.25. The summed E-state index contributed by atoms with van der Waals surface area (Å²) in [6, 6.07) is 0.360. The largest absolute Gasteiger partial charge is 0.391 e. The summed E-state index contributed by atoms with van der Waals surface area (Å²) in [6.07, 6.45) is 3.12. The van der Waals surface area contributed by atoms with Gasteiger partial charge < -0.3 is 10.8 Å². The highest BCUT2D eigenvalue weighted by atomic mass is 16.3. The van der Waals surface area contributed by atoms with Gasteiger partial charge in [-0.25, -0.2) is 0 Å². The molecule has 0 aliphatic heterocycles. The summed E-state index contributed by atoms with van der Waals surface area (Å²) in [6.45, 7) is 1.57. The van der Waals surface area contributed by atoms with Gasteiger partial charge in [-0.15, -0.1) is 0 Å². The van der Waals surface area contributed by atoms with E-state index in [1.165, 1.54) is 0 Å². The molecular weight excluding hydrogens is 140 g/mol. The van der Waals surface area contributed by atoms with Crippen LogP contribution in [0.4, 0.5) is 0 Å². The van der Waals surface area contributed by atoms with Crippen LogP contribution in [0.3, 0.4) is 0 Å². The van der Waals surface area contributed by atoms with Crippen molar-refractivity contribution in [2.75, 3.05) is 20.1 Å². The molecule has 0 bridgehead atoms. The van der Waals surface area contributed by atoms with Gasteiger partial charge in [-0.05, 0) is 26.3 Å². The number of nitrogens with zero attached hydrogens (tertiary/aromatic N) is 1. The molecule has 0 heterocycles. The molecule has 3 nitrogen and oxygen atoms in total. The maximum Gasteiger partial charge on any atom is 0.0695 e. The van der Waals surface area contributed by atoms with E-state index in [0.717, 1.165) is 25.8 Å². The summed E-state index contributed by atoms with van der Waals surface area (Å²) in [7, 11) is 2.03. The molecule has 0 aromatic heterocycles. The number of aliphatic hydroxyl groups is 1. The zero-order valence-electron chi connectivity index (χ0n) is 7.16. The molecule has 1 aliphatic rings. The van der Waals surface area contributed by atoms with Crippen molar-refractivity contribution in [2.45, 2.75) is 31.4 Å². The highest BCUT2D eigenvalue weighted by Crippen LogP contribution is 2.22. The van der Waals surface area contributed by atoms with E-state index in [2.05, 4.69) is 4.90 Å². The van der Waals surface area contributed by atoms with Crippen LogP contribution >= 0.6 is 0 Å². The van der Waals surface area contributed by atoms with Gasteiger partial charge in [0.05, 0.1) is 6.10 Å². The van der Waals surface area contributed by atoms with E-state index in [9.17, 15) is 5.11 Å². The molecule has 1 fully saturated rings. The highest BCUT2D eigenvalue weighted by molar-refractivity contribution is 4.83. The molecule has 0 aromatic rings. The molecule has 1 saturated carbocycles. The zero-order chi connectivity index (χ0) is 8.27. The van der Waals surface area contributed by atoms with Crippen LogP contribution in [0.2, 0.25) is 0 Å².